The summed E-state index contributed by atoms with van der Waals surface area (Å²) in [4.78, 5) is 0. The summed E-state index contributed by atoms with van der Waals surface area (Å²) >= 11 is 6.17. The first-order chi connectivity index (χ1) is 9.65. The van der Waals surface area contributed by atoms with E-state index in [0.717, 1.165) is 0 Å². The molecule has 1 unspecified atom stereocenters. The highest BCUT2D eigenvalue weighted by molar-refractivity contribution is 6.31. The summed E-state index contributed by atoms with van der Waals surface area (Å²) in [7, 11) is 1.53. The van der Waals surface area contributed by atoms with Crippen molar-refractivity contribution < 1.29 is 14.2 Å². The molecule has 0 amide bonds. The number of aliphatic hydroxyl groups is 1. The molecule has 0 bridgehead atoms. The maximum absolute atomic E-state index is 13.2. The Balaban J connectivity index is 2.33. The van der Waals surface area contributed by atoms with E-state index >= 15 is 0 Å². The molecule has 0 aliphatic carbocycles. The molecule has 1 atom stereocenters. The molecule has 0 aliphatic rings. The second kappa shape index (κ2) is 6.59. The van der Waals surface area contributed by atoms with Gasteiger partial charge in [0.1, 0.15) is 11.6 Å². The standard InChI is InChI=1S/C15H15ClFNO2/c1-20-14-7-3-6-12(16)15(14)13(9-19)18-11-5-2-4-10(17)8-11/h2-8,13,18-19H,9H2,1H3. The molecule has 2 aromatic carbocycles. The highest BCUT2D eigenvalue weighted by Gasteiger charge is 2.18. The molecule has 0 radical (unpaired) electrons. The van der Waals surface area contributed by atoms with Crippen molar-refractivity contribution in [3.8, 4) is 5.75 Å². The van der Waals surface area contributed by atoms with Crippen molar-refractivity contribution in [3.63, 3.8) is 0 Å². The number of halogens is 2. The first-order valence-electron chi connectivity index (χ1n) is 6.11. The Kier molecular flexibility index (Phi) is 4.82. The molecule has 2 N–H and O–H groups in total. The van der Waals surface area contributed by atoms with Crippen molar-refractivity contribution in [1.82, 2.24) is 0 Å². The van der Waals surface area contributed by atoms with Crippen molar-refractivity contribution in [2.75, 3.05) is 19.0 Å². The number of hydrogen-bond donors (Lipinski definition) is 2. The second-order valence-electron chi connectivity index (χ2n) is 4.25. The molecule has 0 saturated heterocycles. The first kappa shape index (κ1) is 14.6. The molecule has 0 spiro atoms. The number of rotatable bonds is 5. The van der Waals surface area contributed by atoms with Gasteiger partial charge in [0.15, 0.2) is 0 Å². The molecule has 0 heterocycles. The first-order valence-corrected chi connectivity index (χ1v) is 6.49. The smallest absolute Gasteiger partial charge is 0.125 e. The van der Waals surface area contributed by atoms with Gasteiger partial charge in [0.25, 0.3) is 0 Å². The molecular weight excluding hydrogens is 281 g/mol. The number of anilines is 1. The number of nitrogens with one attached hydrogen (secondary N) is 1. The lowest BCUT2D eigenvalue weighted by atomic mass is 10.1. The van der Waals surface area contributed by atoms with Gasteiger partial charge in [0, 0.05) is 16.3 Å². The van der Waals surface area contributed by atoms with E-state index < -0.39 is 6.04 Å². The average molecular weight is 296 g/mol. The molecule has 20 heavy (non-hydrogen) atoms. The van der Waals surface area contributed by atoms with E-state index in [2.05, 4.69) is 5.32 Å². The van der Waals surface area contributed by atoms with Crippen LogP contribution in [0.15, 0.2) is 42.5 Å². The molecule has 0 aromatic heterocycles. The topological polar surface area (TPSA) is 41.5 Å². The molecule has 0 aliphatic heterocycles. The van der Waals surface area contributed by atoms with Gasteiger partial charge >= 0.3 is 0 Å². The molecular formula is C15H15ClFNO2. The van der Waals surface area contributed by atoms with Crippen LogP contribution >= 0.6 is 11.6 Å². The Morgan fingerprint density at radius 1 is 1.30 bits per heavy atom. The van der Waals surface area contributed by atoms with Gasteiger partial charge in [-0.3, -0.25) is 0 Å². The highest BCUT2D eigenvalue weighted by atomic mass is 35.5. The lowest BCUT2D eigenvalue weighted by Gasteiger charge is -2.21. The van der Waals surface area contributed by atoms with E-state index in [9.17, 15) is 9.50 Å². The minimum Gasteiger partial charge on any atom is -0.496 e. The predicted octanol–water partition coefficient (Wildman–Crippen LogP) is 3.63. The van der Waals surface area contributed by atoms with E-state index in [0.29, 0.717) is 22.0 Å². The fourth-order valence-corrected chi connectivity index (χ4v) is 2.32. The minimum absolute atomic E-state index is 0.198. The SMILES string of the molecule is COc1cccc(Cl)c1C(CO)Nc1cccc(F)c1. The molecule has 0 saturated carbocycles. The van der Waals surface area contributed by atoms with Gasteiger partial charge in [0.05, 0.1) is 19.8 Å². The zero-order chi connectivity index (χ0) is 14.5. The van der Waals surface area contributed by atoms with Crippen LogP contribution in [0.4, 0.5) is 10.1 Å². The zero-order valence-electron chi connectivity index (χ0n) is 10.9. The lowest BCUT2D eigenvalue weighted by molar-refractivity contribution is 0.273. The van der Waals surface area contributed by atoms with E-state index in [1.54, 1.807) is 30.3 Å². The van der Waals surface area contributed by atoms with Crippen LogP contribution in [0.25, 0.3) is 0 Å². The van der Waals surface area contributed by atoms with Crippen molar-refractivity contribution >= 4 is 17.3 Å². The Hall–Kier alpha value is -1.78. The summed E-state index contributed by atoms with van der Waals surface area (Å²) in [5.41, 5.74) is 1.20. The van der Waals surface area contributed by atoms with E-state index in [1.165, 1.54) is 19.2 Å². The largest absolute Gasteiger partial charge is 0.496 e. The fraction of sp³-hybridized carbons (Fsp3) is 0.200. The van der Waals surface area contributed by atoms with Crippen LogP contribution in [0, 0.1) is 5.82 Å². The van der Waals surface area contributed by atoms with Crippen LogP contribution in [-0.2, 0) is 0 Å². The monoisotopic (exact) mass is 295 g/mol. The van der Waals surface area contributed by atoms with Gasteiger partial charge in [-0.1, -0.05) is 23.7 Å². The summed E-state index contributed by atoms with van der Waals surface area (Å²) in [5, 5.41) is 13.1. The maximum Gasteiger partial charge on any atom is 0.125 e. The predicted molar refractivity (Wildman–Crippen MR) is 77.9 cm³/mol. The lowest BCUT2D eigenvalue weighted by Crippen LogP contribution is -2.16. The van der Waals surface area contributed by atoms with E-state index in [4.69, 9.17) is 16.3 Å². The van der Waals surface area contributed by atoms with Crippen molar-refractivity contribution in [2.45, 2.75) is 6.04 Å². The maximum atomic E-state index is 13.2. The third-order valence-electron chi connectivity index (χ3n) is 2.93. The minimum atomic E-state index is -0.486. The molecule has 0 fully saturated rings. The third kappa shape index (κ3) is 3.21. The van der Waals surface area contributed by atoms with Crippen LogP contribution in [0.1, 0.15) is 11.6 Å². The fourth-order valence-electron chi connectivity index (χ4n) is 2.02. The van der Waals surface area contributed by atoms with E-state index in [-0.39, 0.29) is 12.4 Å². The quantitative estimate of drug-likeness (QED) is 0.885. The zero-order valence-corrected chi connectivity index (χ0v) is 11.7. The van der Waals surface area contributed by atoms with Crippen molar-refractivity contribution in [3.05, 3.63) is 58.9 Å². The Bertz CT molecular complexity index is 592. The van der Waals surface area contributed by atoms with Gasteiger partial charge in [-0.05, 0) is 30.3 Å². The van der Waals surface area contributed by atoms with E-state index in [1.807, 2.05) is 0 Å². The van der Waals surface area contributed by atoms with Gasteiger partial charge in [0.2, 0.25) is 0 Å². The van der Waals surface area contributed by atoms with Gasteiger partial charge < -0.3 is 15.2 Å². The second-order valence-corrected chi connectivity index (χ2v) is 4.65. The number of methoxy groups -OCH3 is 1. The summed E-state index contributed by atoms with van der Waals surface area (Å²) in [6, 6.07) is 10.8. The summed E-state index contributed by atoms with van der Waals surface area (Å²) in [6.07, 6.45) is 0. The summed E-state index contributed by atoms with van der Waals surface area (Å²) < 4.78 is 18.5. The van der Waals surface area contributed by atoms with Gasteiger partial charge in [-0.25, -0.2) is 4.39 Å². The van der Waals surface area contributed by atoms with Crippen LogP contribution in [-0.4, -0.2) is 18.8 Å². The number of benzene rings is 2. The van der Waals surface area contributed by atoms with Crippen molar-refractivity contribution in [2.24, 2.45) is 0 Å². The molecule has 2 rings (SSSR count). The number of ether oxygens (including phenoxy) is 1. The molecule has 3 nitrogen and oxygen atoms in total. The number of hydrogen-bond acceptors (Lipinski definition) is 3. The normalized spacial score (nSPS) is 12.0. The van der Waals surface area contributed by atoms with Crippen molar-refractivity contribution in [1.29, 1.82) is 0 Å². The molecule has 106 valence electrons. The van der Waals surface area contributed by atoms with Crippen LogP contribution in [0.5, 0.6) is 5.75 Å². The average Bonchev–Trinajstić information content (AvgIpc) is 2.45. The Morgan fingerprint density at radius 2 is 2.05 bits per heavy atom. The third-order valence-corrected chi connectivity index (χ3v) is 3.26. The van der Waals surface area contributed by atoms with Crippen LogP contribution < -0.4 is 10.1 Å². The molecule has 5 heteroatoms. The van der Waals surface area contributed by atoms with Gasteiger partial charge in [-0.2, -0.15) is 0 Å². The molecule has 2 aromatic rings. The summed E-state index contributed by atoms with van der Waals surface area (Å²) in [6.45, 7) is -0.198. The summed E-state index contributed by atoms with van der Waals surface area (Å²) in [5.74, 6) is 0.221. The van der Waals surface area contributed by atoms with Crippen LogP contribution in [0.3, 0.4) is 0 Å². The Morgan fingerprint density at radius 3 is 2.70 bits per heavy atom. The van der Waals surface area contributed by atoms with Crippen LogP contribution in [0.2, 0.25) is 5.02 Å². The van der Waals surface area contributed by atoms with Gasteiger partial charge in [-0.15, -0.1) is 0 Å². The Labute approximate surface area is 122 Å². The number of aliphatic hydroxyl groups excluding tert-OH is 1. The highest BCUT2D eigenvalue weighted by Crippen LogP contribution is 2.33.